The first kappa shape index (κ1) is 13.5. The van der Waals surface area contributed by atoms with Gasteiger partial charge in [-0.1, -0.05) is 6.92 Å². The predicted octanol–water partition coefficient (Wildman–Crippen LogP) is 1.31. The molecular formula is C12H24N2O2. The highest BCUT2D eigenvalue weighted by Crippen LogP contribution is 2.25. The summed E-state index contributed by atoms with van der Waals surface area (Å²) in [7, 11) is 2.13. The zero-order valence-corrected chi connectivity index (χ0v) is 10.6. The summed E-state index contributed by atoms with van der Waals surface area (Å²) in [5, 5.41) is 12.2. The van der Waals surface area contributed by atoms with E-state index in [0.29, 0.717) is 13.0 Å². The van der Waals surface area contributed by atoms with Gasteiger partial charge in [0.15, 0.2) is 0 Å². The maximum atomic E-state index is 11.2. The first-order valence-corrected chi connectivity index (χ1v) is 6.18. The topological polar surface area (TPSA) is 52.6 Å². The molecule has 0 spiro atoms. The molecule has 0 bridgehead atoms. The van der Waals surface area contributed by atoms with Crippen molar-refractivity contribution >= 4 is 5.97 Å². The summed E-state index contributed by atoms with van der Waals surface area (Å²) in [6.07, 6.45) is 4.23. The smallest absolute Gasteiger partial charge is 0.323 e. The molecule has 0 amide bonds. The van der Waals surface area contributed by atoms with Gasteiger partial charge in [0.2, 0.25) is 0 Å². The van der Waals surface area contributed by atoms with E-state index in [2.05, 4.69) is 17.3 Å². The molecule has 1 saturated carbocycles. The third-order valence-electron chi connectivity index (χ3n) is 3.40. The highest BCUT2D eigenvalue weighted by Gasteiger charge is 2.32. The van der Waals surface area contributed by atoms with Gasteiger partial charge in [0, 0.05) is 6.04 Å². The number of carbonyl (C=O) groups is 1. The lowest BCUT2D eigenvalue weighted by atomic mass is 9.95. The second kappa shape index (κ2) is 5.64. The van der Waals surface area contributed by atoms with Crippen LogP contribution >= 0.6 is 0 Å². The molecule has 1 rings (SSSR count). The van der Waals surface area contributed by atoms with Gasteiger partial charge in [-0.3, -0.25) is 4.79 Å². The number of nitrogens with zero attached hydrogens (tertiary/aromatic N) is 1. The first-order chi connectivity index (χ1) is 7.49. The first-order valence-electron chi connectivity index (χ1n) is 6.18. The lowest BCUT2D eigenvalue weighted by molar-refractivity contribution is -0.144. The molecule has 0 radical (unpaired) electrons. The molecule has 0 heterocycles. The van der Waals surface area contributed by atoms with Crippen molar-refractivity contribution in [1.29, 1.82) is 0 Å². The van der Waals surface area contributed by atoms with Gasteiger partial charge in [-0.15, -0.1) is 0 Å². The van der Waals surface area contributed by atoms with E-state index in [-0.39, 0.29) is 0 Å². The van der Waals surface area contributed by atoms with Crippen molar-refractivity contribution in [2.24, 2.45) is 0 Å². The Morgan fingerprint density at radius 1 is 1.56 bits per heavy atom. The third kappa shape index (κ3) is 3.76. The van der Waals surface area contributed by atoms with Crippen LogP contribution in [0.2, 0.25) is 0 Å². The molecule has 0 aromatic rings. The minimum absolute atomic E-state index is 0.688. The van der Waals surface area contributed by atoms with Crippen LogP contribution in [0.5, 0.6) is 0 Å². The van der Waals surface area contributed by atoms with Gasteiger partial charge in [0.25, 0.3) is 0 Å². The molecule has 0 saturated heterocycles. The highest BCUT2D eigenvalue weighted by molar-refractivity contribution is 5.78. The Labute approximate surface area is 98.0 Å². The van der Waals surface area contributed by atoms with Gasteiger partial charge in [-0.25, -0.2) is 0 Å². The van der Waals surface area contributed by atoms with Gasteiger partial charge in [-0.2, -0.15) is 0 Å². The number of carboxylic acid groups (broad SMARTS) is 1. The van der Waals surface area contributed by atoms with Gasteiger partial charge in [0.1, 0.15) is 5.54 Å². The molecule has 4 nitrogen and oxygen atoms in total. The number of nitrogens with one attached hydrogen (secondary N) is 1. The lowest BCUT2D eigenvalue weighted by Gasteiger charge is -2.26. The van der Waals surface area contributed by atoms with Crippen LogP contribution in [0.4, 0.5) is 0 Å². The molecule has 0 aromatic heterocycles. The predicted molar refractivity (Wildman–Crippen MR) is 64.6 cm³/mol. The normalized spacial score (nSPS) is 19.8. The number of carboxylic acids is 1. The van der Waals surface area contributed by atoms with Crippen molar-refractivity contribution in [2.75, 3.05) is 20.1 Å². The Hall–Kier alpha value is -0.610. The summed E-state index contributed by atoms with van der Waals surface area (Å²) in [6.45, 7) is 5.41. The Kier molecular flexibility index (Phi) is 4.74. The largest absolute Gasteiger partial charge is 0.480 e. The van der Waals surface area contributed by atoms with E-state index in [4.69, 9.17) is 0 Å². The van der Waals surface area contributed by atoms with Gasteiger partial charge < -0.3 is 15.3 Å². The van der Waals surface area contributed by atoms with Crippen LogP contribution in [-0.2, 0) is 4.79 Å². The van der Waals surface area contributed by atoms with Gasteiger partial charge in [0.05, 0.1) is 0 Å². The average molecular weight is 228 g/mol. The van der Waals surface area contributed by atoms with Crippen LogP contribution in [0.15, 0.2) is 0 Å². The number of rotatable bonds is 8. The van der Waals surface area contributed by atoms with E-state index in [1.165, 1.54) is 12.8 Å². The van der Waals surface area contributed by atoms with Crippen LogP contribution in [0, 0.1) is 0 Å². The highest BCUT2D eigenvalue weighted by atomic mass is 16.4. The minimum atomic E-state index is -0.765. The molecule has 1 aliphatic rings. The zero-order valence-electron chi connectivity index (χ0n) is 10.6. The van der Waals surface area contributed by atoms with Crippen molar-refractivity contribution < 1.29 is 9.90 Å². The lowest BCUT2D eigenvalue weighted by Crippen LogP contribution is -2.49. The number of aliphatic carboxylic acids is 1. The van der Waals surface area contributed by atoms with Crippen LogP contribution in [0.1, 0.15) is 39.5 Å². The molecule has 94 valence electrons. The monoisotopic (exact) mass is 228 g/mol. The van der Waals surface area contributed by atoms with Crippen LogP contribution in [-0.4, -0.2) is 47.7 Å². The Balaban J connectivity index is 2.28. The van der Waals surface area contributed by atoms with E-state index in [9.17, 15) is 9.90 Å². The van der Waals surface area contributed by atoms with E-state index in [0.717, 1.165) is 19.0 Å². The molecule has 0 aliphatic heterocycles. The minimum Gasteiger partial charge on any atom is -0.480 e. The van der Waals surface area contributed by atoms with Crippen LogP contribution < -0.4 is 5.32 Å². The molecule has 1 fully saturated rings. The second-order valence-electron chi connectivity index (χ2n) is 4.98. The molecule has 1 unspecified atom stereocenters. The summed E-state index contributed by atoms with van der Waals surface area (Å²) in [5.41, 5.74) is -0.765. The van der Waals surface area contributed by atoms with Crippen LogP contribution in [0.25, 0.3) is 0 Å². The van der Waals surface area contributed by atoms with Crippen molar-refractivity contribution in [3.8, 4) is 0 Å². The summed E-state index contributed by atoms with van der Waals surface area (Å²) < 4.78 is 0. The van der Waals surface area contributed by atoms with E-state index in [1.807, 2.05) is 6.92 Å². The van der Waals surface area contributed by atoms with Gasteiger partial charge >= 0.3 is 5.97 Å². The molecule has 1 atom stereocenters. The molecule has 4 heteroatoms. The van der Waals surface area contributed by atoms with Crippen LogP contribution in [0.3, 0.4) is 0 Å². The van der Waals surface area contributed by atoms with E-state index >= 15 is 0 Å². The molecule has 16 heavy (non-hydrogen) atoms. The maximum Gasteiger partial charge on any atom is 0.323 e. The summed E-state index contributed by atoms with van der Waals surface area (Å²) >= 11 is 0. The van der Waals surface area contributed by atoms with E-state index in [1.54, 1.807) is 6.92 Å². The molecule has 0 aromatic carbocycles. The maximum absolute atomic E-state index is 11.2. The second-order valence-corrected chi connectivity index (χ2v) is 4.98. The van der Waals surface area contributed by atoms with Gasteiger partial charge in [-0.05, 0) is 52.7 Å². The molecular weight excluding hydrogens is 204 g/mol. The fraction of sp³-hybridized carbons (Fsp3) is 0.917. The quantitative estimate of drug-likeness (QED) is 0.658. The summed E-state index contributed by atoms with van der Waals surface area (Å²) in [4.78, 5) is 13.5. The summed E-state index contributed by atoms with van der Waals surface area (Å²) in [6, 6.07) is 0.759. The SMILES string of the molecule is CCNC(C)(CCCN(C)C1CC1)C(=O)O. The van der Waals surface area contributed by atoms with E-state index < -0.39 is 11.5 Å². The number of hydrogen-bond donors (Lipinski definition) is 2. The molecule has 1 aliphatic carbocycles. The Bertz CT molecular complexity index is 241. The van der Waals surface area contributed by atoms with Crippen molar-refractivity contribution in [3.05, 3.63) is 0 Å². The fourth-order valence-corrected chi connectivity index (χ4v) is 2.04. The average Bonchev–Trinajstić information content (AvgIpc) is 3.00. The van der Waals surface area contributed by atoms with Crippen molar-refractivity contribution in [3.63, 3.8) is 0 Å². The number of likely N-dealkylation sites (N-methyl/N-ethyl adjacent to an activating group) is 1. The number of hydrogen-bond acceptors (Lipinski definition) is 3. The standard InChI is InChI=1S/C12H24N2O2/c1-4-13-12(2,11(15)16)8-5-9-14(3)10-6-7-10/h10,13H,4-9H2,1-3H3,(H,15,16). The summed E-state index contributed by atoms with van der Waals surface area (Å²) in [5.74, 6) is -0.747. The van der Waals surface area contributed by atoms with Crippen molar-refractivity contribution in [1.82, 2.24) is 10.2 Å². The zero-order chi connectivity index (χ0) is 12.2. The molecule has 2 N–H and O–H groups in total. The Morgan fingerprint density at radius 2 is 2.19 bits per heavy atom. The third-order valence-corrected chi connectivity index (χ3v) is 3.40. The van der Waals surface area contributed by atoms with Crippen molar-refractivity contribution in [2.45, 2.75) is 51.1 Å². The Morgan fingerprint density at radius 3 is 2.62 bits per heavy atom. The fourth-order valence-electron chi connectivity index (χ4n) is 2.04.